The van der Waals surface area contributed by atoms with Crippen molar-refractivity contribution in [3.8, 4) is 11.8 Å². The topological polar surface area (TPSA) is 171 Å². The van der Waals surface area contributed by atoms with Crippen molar-refractivity contribution in [2.45, 2.75) is 72.0 Å². The van der Waals surface area contributed by atoms with Gasteiger partial charge in [-0.25, -0.2) is 4.79 Å². The Kier molecular flexibility index (Phi) is 7.66. The van der Waals surface area contributed by atoms with Crippen molar-refractivity contribution < 1.29 is 28.9 Å². The number of aliphatic hydroxyl groups is 1. The fraction of sp³-hybridized carbons (Fsp3) is 0.583. The summed E-state index contributed by atoms with van der Waals surface area (Å²) in [6.07, 6.45) is -0.969. The number of carbonyl (C=O) groups excluding carboxylic acids is 2. The Hall–Kier alpha value is -3.56. The lowest BCUT2D eigenvalue weighted by Crippen LogP contribution is -2.34. The molecule has 0 radical (unpaired) electrons. The van der Waals surface area contributed by atoms with E-state index >= 15 is 0 Å². The molecule has 3 heterocycles. The largest absolute Gasteiger partial charge is 0.459 e. The number of alkyl carbamates (subject to hydrolysis) is 1. The van der Waals surface area contributed by atoms with Crippen LogP contribution in [0.3, 0.4) is 0 Å². The molecule has 12 nitrogen and oxygen atoms in total. The van der Waals surface area contributed by atoms with Crippen molar-refractivity contribution in [1.29, 1.82) is 0 Å². The van der Waals surface area contributed by atoms with Gasteiger partial charge in [-0.3, -0.25) is 14.6 Å². The van der Waals surface area contributed by atoms with E-state index in [4.69, 9.17) is 19.9 Å². The minimum atomic E-state index is -0.759. The lowest BCUT2D eigenvalue weighted by molar-refractivity contribution is -0.162. The summed E-state index contributed by atoms with van der Waals surface area (Å²) in [6.45, 7) is 10.1. The van der Waals surface area contributed by atoms with Gasteiger partial charge in [0.2, 0.25) is 5.95 Å². The van der Waals surface area contributed by atoms with Crippen LogP contribution in [-0.4, -0.2) is 62.7 Å². The van der Waals surface area contributed by atoms with Gasteiger partial charge in [-0.1, -0.05) is 11.8 Å². The first kappa shape index (κ1) is 27.0. The van der Waals surface area contributed by atoms with Gasteiger partial charge in [0.1, 0.15) is 24.0 Å². The van der Waals surface area contributed by atoms with Crippen molar-refractivity contribution in [2.24, 2.45) is 5.41 Å². The quantitative estimate of drug-likeness (QED) is 0.356. The van der Waals surface area contributed by atoms with E-state index in [2.05, 4.69) is 27.1 Å². The van der Waals surface area contributed by atoms with E-state index in [1.165, 1.54) is 0 Å². The van der Waals surface area contributed by atoms with E-state index in [0.29, 0.717) is 5.56 Å². The standard InChI is InChI=1S/C24H33N5O7/c1-23(2,3)20(32)35-14-10-16(34-15(14)12-30)29-11-13(17-18(29)27-21(25)28-19(17)31)8-7-9-26-22(33)36-24(4,5)6/h11,14-16,30H,9-10,12H2,1-6H3,(H,26,33)(H3,25,27,28,31)/t14-,15?,16?/m0/s1. The molecule has 1 fully saturated rings. The number of aromatic nitrogens is 3. The van der Waals surface area contributed by atoms with E-state index in [1.807, 2.05) is 0 Å². The number of hydrogen-bond donors (Lipinski definition) is 4. The van der Waals surface area contributed by atoms with Gasteiger partial charge in [-0.15, -0.1) is 0 Å². The highest BCUT2D eigenvalue weighted by molar-refractivity contribution is 5.83. The third kappa shape index (κ3) is 6.35. The zero-order chi connectivity index (χ0) is 26.8. The second-order valence-corrected chi connectivity index (χ2v) is 10.5. The first-order valence-corrected chi connectivity index (χ1v) is 11.5. The number of rotatable bonds is 4. The van der Waals surface area contributed by atoms with Crippen LogP contribution < -0.4 is 16.6 Å². The van der Waals surface area contributed by atoms with Crippen molar-refractivity contribution in [2.75, 3.05) is 18.9 Å². The molecule has 3 rings (SSSR count). The fourth-order valence-corrected chi connectivity index (χ4v) is 3.53. The summed E-state index contributed by atoms with van der Waals surface area (Å²) >= 11 is 0. The second kappa shape index (κ2) is 10.2. The summed E-state index contributed by atoms with van der Waals surface area (Å²) in [5.41, 5.74) is 4.48. The van der Waals surface area contributed by atoms with E-state index < -0.39 is 47.1 Å². The highest BCUT2D eigenvalue weighted by atomic mass is 16.6. The molecule has 1 amide bonds. The number of nitrogens with one attached hydrogen (secondary N) is 2. The average Bonchev–Trinajstić information content (AvgIpc) is 3.30. The molecule has 36 heavy (non-hydrogen) atoms. The first-order chi connectivity index (χ1) is 16.7. The number of H-pyrrole nitrogens is 1. The van der Waals surface area contributed by atoms with E-state index in [0.717, 1.165) is 0 Å². The average molecular weight is 504 g/mol. The molecule has 1 aliphatic rings. The van der Waals surface area contributed by atoms with Gasteiger partial charge in [-0.2, -0.15) is 4.98 Å². The number of aromatic amines is 1. The highest BCUT2D eigenvalue weighted by Gasteiger charge is 2.41. The summed E-state index contributed by atoms with van der Waals surface area (Å²) < 4.78 is 18.3. The zero-order valence-electron chi connectivity index (χ0n) is 21.3. The van der Waals surface area contributed by atoms with Gasteiger partial charge in [0, 0.05) is 12.6 Å². The molecular weight excluding hydrogens is 470 g/mol. The van der Waals surface area contributed by atoms with Gasteiger partial charge < -0.3 is 34.9 Å². The highest BCUT2D eigenvalue weighted by Crippen LogP contribution is 2.34. The maximum Gasteiger partial charge on any atom is 0.408 e. The smallest absolute Gasteiger partial charge is 0.408 e. The maximum atomic E-state index is 12.7. The second-order valence-electron chi connectivity index (χ2n) is 10.5. The summed E-state index contributed by atoms with van der Waals surface area (Å²) in [5, 5.41) is 12.5. The van der Waals surface area contributed by atoms with Crippen LogP contribution in [0.25, 0.3) is 11.0 Å². The van der Waals surface area contributed by atoms with Crippen LogP contribution in [-0.2, 0) is 19.0 Å². The Balaban J connectivity index is 1.88. The number of nitrogens with zero attached hydrogens (tertiary/aromatic N) is 2. The number of ether oxygens (including phenoxy) is 3. The Labute approximate surface area is 208 Å². The number of amides is 1. The van der Waals surface area contributed by atoms with Crippen LogP contribution in [0.5, 0.6) is 0 Å². The molecule has 0 spiro atoms. The number of hydrogen-bond acceptors (Lipinski definition) is 9. The lowest BCUT2D eigenvalue weighted by Gasteiger charge is -2.22. The molecule has 0 bridgehead atoms. The van der Waals surface area contributed by atoms with Gasteiger partial charge in [0.05, 0.1) is 29.5 Å². The van der Waals surface area contributed by atoms with E-state index in [1.54, 1.807) is 52.3 Å². The van der Waals surface area contributed by atoms with Crippen molar-refractivity contribution in [3.63, 3.8) is 0 Å². The number of fused-ring (bicyclic) bond motifs is 1. The molecule has 2 aromatic heterocycles. The first-order valence-electron chi connectivity index (χ1n) is 11.5. The molecule has 1 saturated heterocycles. The monoisotopic (exact) mass is 503 g/mol. The molecule has 2 unspecified atom stereocenters. The van der Waals surface area contributed by atoms with Crippen molar-refractivity contribution >= 4 is 29.0 Å². The van der Waals surface area contributed by atoms with E-state index in [-0.39, 0.29) is 36.6 Å². The normalized spacial score (nSPS) is 20.0. The Bertz CT molecular complexity index is 1260. The number of aliphatic hydroxyl groups excluding tert-OH is 1. The predicted molar refractivity (Wildman–Crippen MR) is 131 cm³/mol. The molecule has 196 valence electrons. The molecule has 2 aromatic rings. The number of nitrogen functional groups attached to an aromatic ring is 1. The molecule has 0 saturated carbocycles. The third-order valence-electron chi connectivity index (χ3n) is 5.19. The Morgan fingerprint density at radius 2 is 2.03 bits per heavy atom. The van der Waals surface area contributed by atoms with Crippen LogP contribution >= 0.6 is 0 Å². The van der Waals surface area contributed by atoms with Crippen LogP contribution in [0, 0.1) is 17.3 Å². The molecule has 0 aromatic carbocycles. The van der Waals surface area contributed by atoms with Gasteiger partial charge >= 0.3 is 12.1 Å². The van der Waals surface area contributed by atoms with Crippen molar-refractivity contribution in [3.05, 3.63) is 22.1 Å². The van der Waals surface area contributed by atoms with Crippen molar-refractivity contribution in [1.82, 2.24) is 19.9 Å². The van der Waals surface area contributed by atoms with Crippen LogP contribution in [0.4, 0.5) is 10.7 Å². The minimum Gasteiger partial charge on any atom is -0.459 e. The number of carbonyl (C=O) groups is 2. The SMILES string of the molecule is CC(C)(C)OC(=O)NCC#Cc1cn(C2C[C@H](OC(=O)C(C)(C)C)C(CO)O2)c2nc(N)[nH]c(=O)c12. The zero-order valence-corrected chi connectivity index (χ0v) is 21.3. The minimum absolute atomic E-state index is 0.0146. The van der Waals surface area contributed by atoms with Crippen LogP contribution in [0.2, 0.25) is 0 Å². The van der Waals surface area contributed by atoms with Gasteiger partial charge in [-0.05, 0) is 41.5 Å². The Morgan fingerprint density at radius 3 is 2.64 bits per heavy atom. The number of nitrogens with two attached hydrogens (primary N) is 1. The molecular formula is C24H33N5O7. The fourth-order valence-electron chi connectivity index (χ4n) is 3.53. The predicted octanol–water partition coefficient (Wildman–Crippen LogP) is 1.42. The van der Waals surface area contributed by atoms with Gasteiger partial charge in [0.25, 0.3) is 5.56 Å². The molecule has 0 aliphatic carbocycles. The summed E-state index contributed by atoms with van der Waals surface area (Å²) in [6, 6.07) is 0. The molecule has 1 aliphatic heterocycles. The number of anilines is 1. The Morgan fingerprint density at radius 1 is 1.33 bits per heavy atom. The maximum absolute atomic E-state index is 12.7. The summed E-state index contributed by atoms with van der Waals surface area (Å²) in [7, 11) is 0. The molecule has 3 atom stereocenters. The number of esters is 1. The summed E-state index contributed by atoms with van der Waals surface area (Å²) in [4.78, 5) is 43.6. The van der Waals surface area contributed by atoms with Gasteiger partial charge in [0.15, 0.2) is 5.65 Å². The van der Waals surface area contributed by atoms with Crippen LogP contribution in [0.1, 0.15) is 59.8 Å². The molecule has 12 heteroatoms. The lowest BCUT2D eigenvalue weighted by atomic mass is 9.97. The van der Waals surface area contributed by atoms with Crippen LogP contribution in [0.15, 0.2) is 11.0 Å². The summed E-state index contributed by atoms with van der Waals surface area (Å²) in [5.74, 6) is 5.14. The molecule has 5 N–H and O–H groups in total. The third-order valence-corrected chi connectivity index (χ3v) is 5.19. The van der Waals surface area contributed by atoms with E-state index in [9.17, 15) is 19.5 Å².